The Labute approximate surface area is 71.8 Å². The van der Waals surface area contributed by atoms with Gasteiger partial charge in [0.05, 0.1) is 0 Å². The molecule has 0 bridgehead atoms. The second kappa shape index (κ2) is 3.85. The Balaban J connectivity index is 2.81. The van der Waals surface area contributed by atoms with Crippen LogP contribution >= 0.6 is 0 Å². The molecule has 64 valence electrons. The van der Waals surface area contributed by atoms with E-state index in [-0.39, 0.29) is 5.91 Å². The first-order valence-corrected chi connectivity index (χ1v) is 3.95. The van der Waals surface area contributed by atoms with Crippen molar-refractivity contribution in [2.45, 2.75) is 13.8 Å². The number of hydrogen-bond acceptors (Lipinski definition) is 2. The van der Waals surface area contributed by atoms with E-state index in [2.05, 4.69) is 10.3 Å². The van der Waals surface area contributed by atoms with E-state index < -0.39 is 0 Å². The predicted molar refractivity (Wildman–Crippen MR) is 47.0 cm³/mol. The van der Waals surface area contributed by atoms with E-state index in [0.717, 1.165) is 5.56 Å². The Morgan fingerprint density at radius 1 is 1.67 bits per heavy atom. The normalized spacial score (nSPS) is 9.50. The highest BCUT2D eigenvalue weighted by molar-refractivity contribution is 5.92. The van der Waals surface area contributed by atoms with Gasteiger partial charge >= 0.3 is 0 Å². The number of carbonyl (C=O) groups is 1. The summed E-state index contributed by atoms with van der Waals surface area (Å²) in [6.07, 6.45) is 1.64. The second-order valence-electron chi connectivity index (χ2n) is 2.58. The van der Waals surface area contributed by atoms with E-state index in [9.17, 15) is 4.79 Å². The lowest BCUT2D eigenvalue weighted by Crippen LogP contribution is -2.23. The van der Waals surface area contributed by atoms with Crippen LogP contribution in [0.2, 0.25) is 0 Å². The molecule has 12 heavy (non-hydrogen) atoms. The van der Waals surface area contributed by atoms with Gasteiger partial charge in [0.2, 0.25) is 0 Å². The van der Waals surface area contributed by atoms with Crippen LogP contribution in [0.4, 0.5) is 0 Å². The lowest BCUT2D eigenvalue weighted by atomic mass is 10.2. The van der Waals surface area contributed by atoms with Crippen LogP contribution in [0.15, 0.2) is 18.3 Å². The summed E-state index contributed by atoms with van der Waals surface area (Å²) in [6, 6.07) is 3.63. The molecule has 0 spiro atoms. The smallest absolute Gasteiger partial charge is 0.269 e. The molecule has 0 radical (unpaired) electrons. The van der Waals surface area contributed by atoms with Crippen LogP contribution in [0, 0.1) is 6.92 Å². The molecule has 1 N–H and O–H groups in total. The van der Waals surface area contributed by atoms with Crippen molar-refractivity contribution in [3.8, 4) is 0 Å². The molecule has 3 nitrogen and oxygen atoms in total. The quantitative estimate of drug-likeness (QED) is 0.712. The molecule has 0 atom stereocenters. The highest BCUT2D eigenvalue weighted by Crippen LogP contribution is 1.98. The number of aryl methyl sites for hydroxylation is 1. The van der Waals surface area contributed by atoms with E-state index >= 15 is 0 Å². The number of hydrogen-bond donors (Lipinski definition) is 1. The molecule has 1 amide bonds. The van der Waals surface area contributed by atoms with E-state index in [1.165, 1.54) is 0 Å². The molecule has 1 aromatic rings. The van der Waals surface area contributed by atoms with Crippen LogP contribution in [-0.2, 0) is 0 Å². The fourth-order valence-electron chi connectivity index (χ4n) is 0.911. The molecule has 3 heteroatoms. The van der Waals surface area contributed by atoms with Crippen molar-refractivity contribution >= 4 is 5.91 Å². The van der Waals surface area contributed by atoms with E-state index in [1.807, 2.05) is 19.9 Å². The summed E-state index contributed by atoms with van der Waals surface area (Å²) >= 11 is 0. The molecule has 1 rings (SSSR count). The Bertz CT molecular complexity index is 284. The molecule has 1 heterocycles. The average molecular weight is 164 g/mol. The summed E-state index contributed by atoms with van der Waals surface area (Å²) in [7, 11) is 0. The maximum atomic E-state index is 11.2. The van der Waals surface area contributed by atoms with Gasteiger partial charge in [-0.2, -0.15) is 0 Å². The molecule has 1 aromatic heterocycles. The molecule has 0 saturated heterocycles. The van der Waals surface area contributed by atoms with Gasteiger partial charge in [-0.15, -0.1) is 0 Å². The van der Waals surface area contributed by atoms with Crippen LogP contribution in [0.1, 0.15) is 23.0 Å². The first kappa shape index (κ1) is 8.71. The third-order valence-corrected chi connectivity index (χ3v) is 1.49. The zero-order chi connectivity index (χ0) is 8.97. The lowest BCUT2D eigenvalue weighted by Gasteiger charge is -2.00. The van der Waals surface area contributed by atoms with E-state index in [1.54, 1.807) is 12.3 Å². The van der Waals surface area contributed by atoms with Gasteiger partial charge in [-0.05, 0) is 31.5 Å². The number of amides is 1. The molecule has 0 aliphatic rings. The van der Waals surface area contributed by atoms with Gasteiger partial charge in [0, 0.05) is 12.7 Å². The van der Waals surface area contributed by atoms with Crippen molar-refractivity contribution in [3.63, 3.8) is 0 Å². The summed E-state index contributed by atoms with van der Waals surface area (Å²) in [4.78, 5) is 15.2. The molecule has 0 aromatic carbocycles. The standard InChI is InChI=1S/C9H12N2O/c1-3-10-9(12)8-6-7(2)4-5-11-8/h4-6H,3H2,1-2H3,(H,10,12). The Morgan fingerprint density at radius 2 is 2.42 bits per heavy atom. The van der Waals surface area contributed by atoms with Crippen molar-refractivity contribution in [2.75, 3.05) is 6.54 Å². The zero-order valence-corrected chi connectivity index (χ0v) is 7.29. The zero-order valence-electron chi connectivity index (χ0n) is 7.29. The third-order valence-electron chi connectivity index (χ3n) is 1.49. The summed E-state index contributed by atoms with van der Waals surface area (Å²) < 4.78 is 0. The SMILES string of the molecule is CCNC(=O)c1cc(C)ccn1. The van der Waals surface area contributed by atoms with Gasteiger partial charge in [-0.3, -0.25) is 9.78 Å². The number of nitrogens with zero attached hydrogens (tertiary/aromatic N) is 1. The average Bonchev–Trinajstić information content (AvgIpc) is 2.05. The number of pyridine rings is 1. The summed E-state index contributed by atoms with van der Waals surface area (Å²) in [6.45, 7) is 4.45. The minimum atomic E-state index is -0.110. The topological polar surface area (TPSA) is 42.0 Å². The molecule has 0 aliphatic heterocycles. The number of nitrogens with one attached hydrogen (secondary N) is 1. The Morgan fingerprint density at radius 3 is 3.00 bits per heavy atom. The van der Waals surface area contributed by atoms with Crippen LogP contribution in [0.3, 0.4) is 0 Å². The van der Waals surface area contributed by atoms with Crippen LogP contribution < -0.4 is 5.32 Å². The monoisotopic (exact) mass is 164 g/mol. The fraction of sp³-hybridized carbons (Fsp3) is 0.333. The predicted octanol–water partition coefficient (Wildman–Crippen LogP) is 1.14. The molecule has 0 unspecified atom stereocenters. The van der Waals surface area contributed by atoms with E-state index in [0.29, 0.717) is 12.2 Å². The largest absolute Gasteiger partial charge is 0.351 e. The van der Waals surface area contributed by atoms with Gasteiger partial charge in [0.25, 0.3) is 5.91 Å². The summed E-state index contributed by atoms with van der Waals surface area (Å²) in [5, 5.41) is 2.69. The Kier molecular flexibility index (Phi) is 2.80. The number of rotatable bonds is 2. The first-order valence-electron chi connectivity index (χ1n) is 3.95. The maximum absolute atomic E-state index is 11.2. The van der Waals surface area contributed by atoms with Crippen molar-refractivity contribution in [1.82, 2.24) is 10.3 Å². The highest BCUT2D eigenvalue weighted by Gasteiger charge is 2.03. The minimum Gasteiger partial charge on any atom is -0.351 e. The molecular weight excluding hydrogens is 152 g/mol. The van der Waals surface area contributed by atoms with Crippen LogP contribution in [0.25, 0.3) is 0 Å². The van der Waals surface area contributed by atoms with Crippen LogP contribution in [-0.4, -0.2) is 17.4 Å². The number of aromatic nitrogens is 1. The summed E-state index contributed by atoms with van der Waals surface area (Å²) in [5.41, 5.74) is 1.53. The van der Waals surface area contributed by atoms with Crippen molar-refractivity contribution in [3.05, 3.63) is 29.6 Å². The van der Waals surface area contributed by atoms with Crippen molar-refractivity contribution in [1.29, 1.82) is 0 Å². The Hall–Kier alpha value is -1.38. The highest BCUT2D eigenvalue weighted by atomic mass is 16.1. The van der Waals surface area contributed by atoms with Crippen molar-refractivity contribution < 1.29 is 4.79 Å². The number of carbonyl (C=O) groups excluding carboxylic acids is 1. The van der Waals surface area contributed by atoms with E-state index in [4.69, 9.17) is 0 Å². The first-order chi connectivity index (χ1) is 5.74. The van der Waals surface area contributed by atoms with Crippen LogP contribution in [0.5, 0.6) is 0 Å². The molecule has 0 saturated carbocycles. The molecular formula is C9H12N2O. The van der Waals surface area contributed by atoms with Gasteiger partial charge < -0.3 is 5.32 Å². The van der Waals surface area contributed by atoms with Crippen molar-refractivity contribution in [2.24, 2.45) is 0 Å². The van der Waals surface area contributed by atoms with Gasteiger partial charge in [0.15, 0.2) is 0 Å². The third kappa shape index (κ3) is 2.05. The van der Waals surface area contributed by atoms with Gasteiger partial charge in [0.1, 0.15) is 5.69 Å². The second-order valence-corrected chi connectivity index (χ2v) is 2.58. The fourth-order valence-corrected chi connectivity index (χ4v) is 0.911. The molecule has 0 aliphatic carbocycles. The maximum Gasteiger partial charge on any atom is 0.269 e. The minimum absolute atomic E-state index is 0.110. The van der Waals surface area contributed by atoms with Gasteiger partial charge in [-0.25, -0.2) is 0 Å². The molecule has 0 fully saturated rings. The van der Waals surface area contributed by atoms with Gasteiger partial charge in [-0.1, -0.05) is 0 Å². The lowest BCUT2D eigenvalue weighted by molar-refractivity contribution is 0.0951. The summed E-state index contributed by atoms with van der Waals surface area (Å²) in [5.74, 6) is -0.110.